The topological polar surface area (TPSA) is 105 Å². The maximum Gasteiger partial charge on any atom is 0.269 e. The molecule has 0 aliphatic rings. The number of nitro benzene ring substituents is 1. The molecule has 134 valence electrons. The number of non-ortho nitro benzene ring substituents is 1. The van der Waals surface area contributed by atoms with E-state index < -0.39 is 17.1 Å². The molecule has 0 heterocycles. The van der Waals surface area contributed by atoms with Crippen LogP contribution in [0.2, 0.25) is 0 Å². The number of rotatable bonds is 8. The molecule has 2 aromatic rings. The maximum absolute atomic E-state index is 10.7. The Bertz CT molecular complexity index is 718. The van der Waals surface area contributed by atoms with Crippen LogP contribution in [-0.4, -0.2) is 34.9 Å². The fourth-order valence-electron chi connectivity index (χ4n) is 2.60. The fraction of sp³-hybridized carbons (Fsp3) is 0.333. The Labute approximate surface area is 146 Å². The predicted molar refractivity (Wildman–Crippen MR) is 93.5 cm³/mol. The first-order valence-electron chi connectivity index (χ1n) is 7.86. The summed E-state index contributed by atoms with van der Waals surface area (Å²) >= 11 is 0. The van der Waals surface area contributed by atoms with Gasteiger partial charge < -0.3 is 20.3 Å². The molecular weight excluding hydrogens is 324 g/mol. The molecule has 0 unspecified atom stereocenters. The Balaban J connectivity index is 2.03. The smallest absolute Gasteiger partial charge is 0.269 e. The van der Waals surface area contributed by atoms with Crippen LogP contribution >= 0.6 is 0 Å². The molecule has 0 aliphatic carbocycles. The van der Waals surface area contributed by atoms with Crippen LogP contribution < -0.4 is 10.1 Å². The van der Waals surface area contributed by atoms with E-state index in [9.17, 15) is 20.3 Å². The van der Waals surface area contributed by atoms with Crippen LogP contribution in [0.1, 0.15) is 22.8 Å². The highest BCUT2D eigenvalue weighted by Gasteiger charge is 2.20. The van der Waals surface area contributed by atoms with Crippen molar-refractivity contribution < 1.29 is 19.9 Å². The molecule has 0 radical (unpaired) electrons. The largest absolute Gasteiger partial charge is 0.496 e. The fourth-order valence-corrected chi connectivity index (χ4v) is 2.60. The van der Waals surface area contributed by atoms with Gasteiger partial charge in [0.15, 0.2) is 0 Å². The molecule has 0 amide bonds. The molecule has 0 bridgehead atoms. The Hall–Kier alpha value is -2.48. The number of aryl methyl sites for hydroxylation is 1. The summed E-state index contributed by atoms with van der Waals surface area (Å²) < 4.78 is 5.22. The SMILES string of the molecule is COc1ccc(CN[C@H](CO)[C@@H](O)c2ccc([N+](=O)[O-])cc2)cc1C. The highest BCUT2D eigenvalue weighted by Crippen LogP contribution is 2.22. The van der Waals surface area contributed by atoms with Crippen molar-refractivity contribution in [3.8, 4) is 5.75 Å². The number of benzene rings is 2. The van der Waals surface area contributed by atoms with Crippen LogP contribution in [0.25, 0.3) is 0 Å². The van der Waals surface area contributed by atoms with E-state index in [-0.39, 0.29) is 12.3 Å². The third-order valence-corrected chi connectivity index (χ3v) is 4.05. The lowest BCUT2D eigenvalue weighted by Gasteiger charge is -2.23. The van der Waals surface area contributed by atoms with Gasteiger partial charge in [-0.05, 0) is 41.8 Å². The average Bonchev–Trinajstić information content (AvgIpc) is 2.62. The molecule has 0 aliphatic heterocycles. The molecule has 0 saturated heterocycles. The summed E-state index contributed by atoms with van der Waals surface area (Å²) in [7, 11) is 1.61. The summed E-state index contributed by atoms with van der Waals surface area (Å²) in [5.74, 6) is 0.799. The molecule has 2 rings (SSSR count). The minimum atomic E-state index is -0.981. The second kappa shape index (κ2) is 8.57. The van der Waals surface area contributed by atoms with Gasteiger partial charge in [-0.1, -0.05) is 12.1 Å². The lowest BCUT2D eigenvalue weighted by atomic mass is 10.0. The standard InChI is InChI=1S/C18H22N2O5/c1-12-9-13(3-8-17(12)25-2)10-19-16(11-21)18(22)14-4-6-15(7-5-14)20(23)24/h3-9,16,18-19,21-22H,10-11H2,1-2H3/t16-,18+/m1/s1. The first-order valence-corrected chi connectivity index (χ1v) is 7.86. The monoisotopic (exact) mass is 346 g/mol. The van der Waals surface area contributed by atoms with E-state index in [1.165, 1.54) is 24.3 Å². The summed E-state index contributed by atoms with van der Waals surface area (Å²) in [6, 6.07) is 10.8. The van der Waals surface area contributed by atoms with Crippen molar-refractivity contribution in [3.05, 3.63) is 69.3 Å². The zero-order valence-corrected chi connectivity index (χ0v) is 14.2. The third kappa shape index (κ3) is 4.76. The number of nitro groups is 1. The minimum Gasteiger partial charge on any atom is -0.496 e. The van der Waals surface area contributed by atoms with Gasteiger partial charge in [0.2, 0.25) is 0 Å². The van der Waals surface area contributed by atoms with Gasteiger partial charge in [0, 0.05) is 18.7 Å². The minimum absolute atomic E-state index is 0.0434. The molecule has 7 heteroatoms. The van der Waals surface area contributed by atoms with E-state index in [1.54, 1.807) is 7.11 Å². The van der Waals surface area contributed by atoms with E-state index in [2.05, 4.69) is 5.32 Å². The molecule has 0 fully saturated rings. The summed E-state index contributed by atoms with van der Waals surface area (Å²) in [5.41, 5.74) is 2.45. The lowest BCUT2D eigenvalue weighted by molar-refractivity contribution is -0.384. The highest BCUT2D eigenvalue weighted by molar-refractivity contribution is 5.36. The Morgan fingerprint density at radius 1 is 1.24 bits per heavy atom. The van der Waals surface area contributed by atoms with Crippen LogP contribution in [0.5, 0.6) is 5.75 Å². The molecule has 3 N–H and O–H groups in total. The molecule has 0 aromatic heterocycles. The van der Waals surface area contributed by atoms with Gasteiger partial charge in [-0.25, -0.2) is 0 Å². The van der Waals surface area contributed by atoms with Crippen molar-refractivity contribution in [3.63, 3.8) is 0 Å². The third-order valence-electron chi connectivity index (χ3n) is 4.05. The summed E-state index contributed by atoms with van der Waals surface area (Å²) in [4.78, 5) is 10.2. The molecule has 0 spiro atoms. The highest BCUT2D eigenvalue weighted by atomic mass is 16.6. The second-order valence-electron chi connectivity index (χ2n) is 5.77. The van der Waals surface area contributed by atoms with Crippen LogP contribution in [0.4, 0.5) is 5.69 Å². The normalized spacial score (nSPS) is 13.3. The van der Waals surface area contributed by atoms with Gasteiger partial charge >= 0.3 is 0 Å². The van der Waals surface area contributed by atoms with Gasteiger partial charge in [-0.15, -0.1) is 0 Å². The molecule has 2 aromatic carbocycles. The van der Waals surface area contributed by atoms with Crippen LogP contribution in [-0.2, 0) is 6.54 Å². The maximum atomic E-state index is 10.7. The molecule has 7 nitrogen and oxygen atoms in total. The van der Waals surface area contributed by atoms with Gasteiger partial charge in [-0.3, -0.25) is 10.1 Å². The van der Waals surface area contributed by atoms with E-state index in [0.717, 1.165) is 16.9 Å². The van der Waals surface area contributed by atoms with Crippen LogP contribution in [0, 0.1) is 17.0 Å². The Morgan fingerprint density at radius 2 is 1.92 bits per heavy atom. The van der Waals surface area contributed by atoms with Gasteiger partial charge in [-0.2, -0.15) is 0 Å². The van der Waals surface area contributed by atoms with Crippen molar-refractivity contribution in [2.75, 3.05) is 13.7 Å². The van der Waals surface area contributed by atoms with Crippen LogP contribution in [0.15, 0.2) is 42.5 Å². The zero-order valence-electron chi connectivity index (χ0n) is 14.2. The average molecular weight is 346 g/mol. The number of methoxy groups -OCH3 is 1. The van der Waals surface area contributed by atoms with Gasteiger partial charge in [0.25, 0.3) is 5.69 Å². The van der Waals surface area contributed by atoms with Crippen molar-refractivity contribution in [2.45, 2.75) is 25.6 Å². The molecule has 0 saturated carbocycles. The van der Waals surface area contributed by atoms with Crippen molar-refractivity contribution in [1.82, 2.24) is 5.32 Å². The van der Waals surface area contributed by atoms with E-state index in [0.29, 0.717) is 12.1 Å². The lowest BCUT2D eigenvalue weighted by Crippen LogP contribution is -2.37. The second-order valence-corrected chi connectivity index (χ2v) is 5.77. The van der Waals surface area contributed by atoms with E-state index in [1.807, 2.05) is 25.1 Å². The van der Waals surface area contributed by atoms with Crippen molar-refractivity contribution >= 4 is 5.69 Å². The van der Waals surface area contributed by atoms with Gasteiger partial charge in [0.05, 0.1) is 30.8 Å². The number of nitrogens with zero attached hydrogens (tertiary/aromatic N) is 1. The quantitative estimate of drug-likeness (QED) is 0.499. The molecule has 25 heavy (non-hydrogen) atoms. The molecule has 2 atom stereocenters. The summed E-state index contributed by atoms with van der Waals surface area (Å²) in [6.45, 7) is 2.13. The first kappa shape index (κ1) is 18.9. The van der Waals surface area contributed by atoms with Crippen molar-refractivity contribution in [2.24, 2.45) is 0 Å². The zero-order chi connectivity index (χ0) is 18.4. The number of hydrogen-bond acceptors (Lipinski definition) is 6. The van der Waals surface area contributed by atoms with Gasteiger partial charge in [0.1, 0.15) is 5.75 Å². The number of ether oxygens (including phenoxy) is 1. The predicted octanol–water partition coefficient (Wildman–Crippen LogP) is 2.10. The number of hydrogen-bond donors (Lipinski definition) is 3. The van der Waals surface area contributed by atoms with E-state index >= 15 is 0 Å². The number of aliphatic hydroxyl groups excluding tert-OH is 2. The number of nitrogens with one attached hydrogen (secondary N) is 1. The summed E-state index contributed by atoms with van der Waals surface area (Å²) in [6.07, 6.45) is -0.981. The number of aliphatic hydroxyl groups is 2. The van der Waals surface area contributed by atoms with E-state index in [4.69, 9.17) is 4.74 Å². The first-order chi connectivity index (χ1) is 12.0. The Kier molecular flexibility index (Phi) is 6.46. The van der Waals surface area contributed by atoms with Crippen LogP contribution in [0.3, 0.4) is 0 Å². The molecular formula is C18H22N2O5. The van der Waals surface area contributed by atoms with Crippen molar-refractivity contribution in [1.29, 1.82) is 0 Å². The summed E-state index contributed by atoms with van der Waals surface area (Å²) in [5, 5.41) is 33.8. The Morgan fingerprint density at radius 3 is 2.44 bits per heavy atom.